The first kappa shape index (κ1) is 29.0. The van der Waals surface area contributed by atoms with Crippen LogP contribution in [-0.2, 0) is 16.2 Å². The van der Waals surface area contributed by atoms with E-state index >= 15 is 0 Å². The Bertz CT molecular complexity index is 1920. The number of hydrogen-bond donors (Lipinski definition) is 0. The van der Waals surface area contributed by atoms with Crippen LogP contribution in [0.5, 0.6) is 0 Å². The summed E-state index contributed by atoms with van der Waals surface area (Å²) in [6.07, 6.45) is 0. The fourth-order valence-electron chi connectivity index (χ4n) is 6.52. The van der Waals surface area contributed by atoms with E-state index in [1.807, 2.05) is 0 Å². The van der Waals surface area contributed by atoms with Gasteiger partial charge in [-0.1, -0.05) is 159 Å². The highest BCUT2D eigenvalue weighted by molar-refractivity contribution is 6.14. The molecule has 6 aromatic rings. The van der Waals surface area contributed by atoms with Crippen molar-refractivity contribution in [2.24, 2.45) is 0 Å². The number of fused-ring (bicyclic) bond motifs is 3. The number of hydrogen-bond acceptors (Lipinski definition) is 0. The van der Waals surface area contributed by atoms with E-state index in [9.17, 15) is 0 Å². The second-order valence-corrected chi connectivity index (χ2v) is 15.2. The van der Waals surface area contributed by atoms with Gasteiger partial charge in [-0.05, 0) is 61.8 Å². The van der Waals surface area contributed by atoms with E-state index in [1.54, 1.807) is 0 Å². The van der Waals surface area contributed by atoms with E-state index in [1.165, 1.54) is 66.4 Å². The largest absolute Gasteiger partial charge is 0.308 e. The second-order valence-electron chi connectivity index (χ2n) is 15.2. The monoisotopic (exact) mass is 563 g/mol. The molecule has 6 rings (SSSR count). The number of benzene rings is 5. The van der Waals surface area contributed by atoms with Crippen molar-refractivity contribution in [3.8, 4) is 27.9 Å². The maximum atomic E-state index is 2.54. The lowest BCUT2D eigenvalue weighted by Gasteiger charge is -2.30. The van der Waals surface area contributed by atoms with Crippen molar-refractivity contribution in [3.05, 3.63) is 126 Å². The van der Waals surface area contributed by atoms with Gasteiger partial charge in [-0.15, -0.1) is 0 Å². The van der Waals surface area contributed by atoms with E-state index in [0.29, 0.717) is 0 Å². The van der Waals surface area contributed by atoms with Gasteiger partial charge in [-0.25, -0.2) is 0 Å². The Labute approximate surface area is 258 Å². The van der Waals surface area contributed by atoms with Gasteiger partial charge in [-0.2, -0.15) is 0 Å². The highest BCUT2D eigenvalue weighted by atomic mass is 15.0. The highest BCUT2D eigenvalue weighted by Gasteiger charge is 2.28. The van der Waals surface area contributed by atoms with E-state index in [0.717, 1.165) is 0 Å². The summed E-state index contributed by atoms with van der Waals surface area (Å²) in [5.41, 5.74) is 13.0. The minimum absolute atomic E-state index is 0.0485. The second kappa shape index (κ2) is 10.3. The van der Waals surface area contributed by atoms with Crippen LogP contribution in [-0.4, -0.2) is 4.57 Å². The van der Waals surface area contributed by atoms with Crippen molar-refractivity contribution in [1.82, 2.24) is 4.57 Å². The van der Waals surface area contributed by atoms with Gasteiger partial charge in [0.15, 0.2) is 0 Å². The fourth-order valence-corrected chi connectivity index (χ4v) is 6.52. The van der Waals surface area contributed by atoms with Crippen LogP contribution in [0, 0.1) is 0 Å². The van der Waals surface area contributed by atoms with E-state index in [2.05, 4.69) is 176 Å². The lowest BCUT2D eigenvalue weighted by molar-refractivity contribution is 0.568. The predicted molar refractivity (Wildman–Crippen MR) is 188 cm³/mol. The SMILES string of the molecule is CC(C)(C)c1cc(-c2cccc(-n3c4ccccc4c4cccc(-c5ccccc5)c43)c2C(C)(C)C)cc(C(C)(C)C)c1. The topological polar surface area (TPSA) is 4.93 Å². The van der Waals surface area contributed by atoms with Crippen molar-refractivity contribution < 1.29 is 0 Å². The molecule has 0 fully saturated rings. The van der Waals surface area contributed by atoms with Crippen LogP contribution < -0.4 is 0 Å². The molecule has 43 heavy (non-hydrogen) atoms. The Hall–Kier alpha value is -4.10. The fraction of sp³-hybridized carbons (Fsp3) is 0.286. The Morgan fingerprint density at radius 3 is 1.63 bits per heavy atom. The summed E-state index contributed by atoms with van der Waals surface area (Å²) >= 11 is 0. The molecule has 0 radical (unpaired) electrons. The third kappa shape index (κ3) is 5.20. The maximum absolute atomic E-state index is 2.54. The number of para-hydroxylation sites is 2. The van der Waals surface area contributed by atoms with E-state index in [-0.39, 0.29) is 16.2 Å². The standard InChI is InChI=1S/C42H45N/c1-40(2,3)30-25-29(26-31(27-30)41(4,5)6)32-20-16-24-37(38(32)42(7,8)9)43-36-23-14-13-19-34(36)35-22-15-21-33(39(35)43)28-17-11-10-12-18-28/h10-27H,1-9H3. The van der Waals surface area contributed by atoms with E-state index in [4.69, 9.17) is 0 Å². The Balaban J connectivity index is 1.75. The van der Waals surface area contributed by atoms with Crippen LogP contribution in [0.25, 0.3) is 49.7 Å². The average Bonchev–Trinajstić information content (AvgIpc) is 3.30. The summed E-state index contributed by atoms with van der Waals surface area (Å²) in [7, 11) is 0. The number of aromatic nitrogens is 1. The Morgan fingerprint density at radius 1 is 0.442 bits per heavy atom. The van der Waals surface area contributed by atoms with Gasteiger partial charge < -0.3 is 4.57 Å². The van der Waals surface area contributed by atoms with E-state index < -0.39 is 0 Å². The first-order valence-corrected chi connectivity index (χ1v) is 15.6. The minimum atomic E-state index is -0.106. The van der Waals surface area contributed by atoms with Crippen molar-refractivity contribution in [2.45, 2.75) is 78.6 Å². The third-order valence-corrected chi connectivity index (χ3v) is 8.79. The molecule has 0 bridgehead atoms. The van der Waals surface area contributed by atoms with Gasteiger partial charge in [0.25, 0.3) is 0 Å². The van der Waals surface area contributed by atoms with Crippen molar-refractivity contribution >= 4 is 21.8 Å². The zero-order valence-electron chi connectivity index (χ0n) is 27.3. The first-order chi connectivity index (χ1) is 20.2. The molecule has 0 saturated heterocycles. The number of nitrogens with zero attached hydrogens (tertiary/aromatic N) is 1. The van der Waals surface area contributed by atoms with Gasteiger partial charge in [0.05, 0.1) is 16.7 Å². The summed E-state index contributed by atoms with van der Waals surface area (Å²) in [4.78, 5) is 0. The van der Waals surface area contributed by atoms with Gasteiger partial charge in [0.2, 0.25) is 0 Å². The molecule has 0 saturated carbocycles. The third-order valence-electron chi connectivity index (χ3n) is 8.79. The summed E-state index contributed by atoms with van der Waals surface area (Å²) in [6.45, 7) is 21.0. The molecule has 0 aliphatic heterocycles. The van der Waals surface area contributed by atoms with Crippen molar-refractivity contribution in [3.63, 3.8) is 0 Å². The van der Waals surface area contributed by atoms with Gasteiger partial charge in [0.1, 0.15) is 0 Å². The summed E-state index contributed by atoms with van der Waals surface area (Å²) in [6, 6.07) is 40.7. The Kier molecular flexibility index (Phi) is 6.92. The molecule has 218 valence electrons. The molecule has 1 heteroatoms. The zero-order chi connectivity index (χ0) is 30.7. The quantitative estimate of drug-likeness (QED) is 0.202. The normalized spacial score (nSPS) is 12.8. The van der Waals surface area contributed by atoms with Crippen LogP contribution in [0.1, 0.15) is 79.0 Å². The highest BCUT2D eigenvalue weighted by Crippen LogP contribution is 2.44. The molecule has 0 unspecified atom stereocenters. The molecule has 1 aromatic heterocycles. The van der Waals surface area contributed by atoms with Crippen LogP contribution in [0.4, 0.5) is 0 Å². The molecule has 0 aliphatic carbocycles. The average molecular weight is 564 g/mol. The van der Waals surface area contributed by atoms with Crippen LogP contribution in [0.2, 0.25) is 0 Å². The lowest BCUT2D eigenvalue weighted by atomic mass is 9.76. The molecule has 0 aliphatic rings. The molecule has 1 nitrogen and oxygen atoms in total. The molecule has 0 amide bonds. The molecular weight excluding hydrogens is 518 g/mol. The predicted octanol–water partition coefficient (Wildman–Crippen LogP) is 12.0. The smallest absolute Gasteiger partial charge is 0.0619 e. The molecule has 0 atom stereocenters. The van der Waals surface area contributed by atoms with Crippen molar-refractivity contribution in [1.29, 1.82) is 0 Å². The molecule has 5 aromatic carbocycles. The van der Waals surface area contributed by atoms with Crippen LogP contribution in [0.3, 0.4) is 0 Å². The van der Waals surface area contributed by atoms with Crippen molar-refractivity contribution in [2.75, 3.05) is 0 Å². The number of rotatable bonds is 3. The summed E-state index contributed by atoms with van der Waals surface area (Å²) in [5, 5.41) is 2.57. The first-order valence-electron chi connectivity index (χ1n) is 15.6. The lowest BCUT2D eigenvalue weighted by Crippen LogP contribution is -2.19. The molecular formula is C42H45N. The molecule has 0 N–H and O–H groups in total. The van der Waals surface area contributed by atoms with Crippen LogP contribution in [0.15, 0.2) is 109 Å². The summed E-state index contributed by atoms with van der Waals surface area (Å²) < 4.78 is 2.54. The van der Waals surface area contributed by atoms with Crippen LogP contribution >= 0.6 is 0 Å². The zero-order valence-corrected chi connectivity index (χ0v) is 27.3. The van der Waals surface area contributed by atoms with Gasteiger partial charge in [0, 0.05) is 16.3 Å². The molecule has 0 spiro atoms. The van der Waals surface area contributed by atoms with Gasteiger partial charge >= 0.3 is 0 Å². The maximum Gasteiger partial charge on any atom is 0.0619 e. The Morgan fingerprint density at radius 2 is 1.00 bits per heavy atom. The summed E-state index contributed by atoms with van der Waals surface area (Å²) in [5.74, 6) is 0. The van der Waals surface area contributed by atoms with Gasteiger partial charge in [-0.3, -0.25) is 0 Å². The minimum Gasteiger partial charge on any atom is -0.308 e. The molecule has 1 heterocycles.